The van der Waals surface area contributed by atoms with Gasteiger partial charge in [-0.05, 0) is 12.1 Å². The molecule has 112 valence electrons. The molecule has 1 aliphatic heterocycles. The van der Waals surface area contributed by atoms with Crippen molar-refractivity contribution < 1.29 is 8.42 Å². The molecule has 3 rings (SSSR count). The Morgan fingerprint density at radius 1 is 1.14 bits per heavy atom. The molecule has 21 heavy (non-hydrogen) atoms. The fraction of sp³-hybridized carbons (Fsp3) is 0.333. The van der Waals surface area contributed by atoms with Crippen LogP contribution in [0.2, 0.25) is 0 Å². The Balaban J connectivity index is 1.69. The van der Waals surface area contributed by atoms with Crippen LogP contribution >= 0.6 is 0 Å². The summed E-state index contributed by atoms with van der Waals surface area (Å²) >= 11 is 0. The lowest BCUT2D eigenvalue weighted by Gasteiger charge is -2.34. The Hall–Kier alpha value is -2.13. The van der Waals surface area contributed by atoms with Crippen LogP contribution in [-0.2, 0) is 10.0 Å². The topological polar surface area (TPSA) is 108 Å². The molecular weight excluding hydrogens is 292 g/mol. The molecular formula is C12H16N6O2S. The van der Waals surface area contributed by atoms with Crippen molar-refractivity contribution in [3.63, 3.8) is 0 Å². The highest BCUT2D eigenvalue weighted by atomic mass is 32.2. The highest BCUT2D eigenvalue weighted by Crippen LogP contribution is 2.19. The maximum Gasteiger partial charge on any atom is 0.246 e. The summed E-state index contributed by atoms with van der Waals surface area (Å²) in [5.74, 6) is 0.810. The smallest absolute Gasteiger partial charge is 0.246 e. The quantitative estimate of drug-likeness (QED) is 0.819. The Bertz CT molecular complexity index is 690. The molecule has 0 saturated carbocycles. The maximum atomic E-state index is 12.4. The lowest BCUT2D eigenvalue weighted by Crippen LogP contribution is -2.48. The maximum absolute atomic E-state index is 12.4. The van der Waals surface area contributed by atoms with E-state index in [1.165, 1.54) is 16.7 Å². The molecule has 0 bridgehead atoms. The second kappa shape index (κ2) is 5.34. The fourth-order valence-electron chi connectivity index (χ4n) is 2.27. The summed E-state index contributed by atoms with van der Waals surface area (Å²) in [5, 5.41) is 6.22. The second-order valence-corrected chi connectivity index (χ2v) is 6.71. The minimum atomic E-state index is -3.46. The number of rotatable bonds is 3. The first kappa shape index (κ1) is 13.8. The SMILES string of the molecule is Nc1ccc(N2CCN(S(=O)(=O)c3cn[nH]c3)CC2)nc1. The van der Waals surface area contributed by atoms with Crippen molar-refractivity contribution in [1.82, 2.24) is 19.5 Å². The number of piperazine rings is 1. The predicted octanol–water partition coefficient (Wildman–Crippen LogP) is -0.102. The molecule has 0 radical (unpaired) electrons. The molecule has 0 amide bonds. The minimum absolute atomic E-state index is 0.196. The zero-order valence-electron chi connectivity index (χ0n) is 11.3. The normalized spacial score (nSPS) is 17.0. The van der Waals surface area contributed by atoms with E-state index in [-0.39, 0.29) is 4.90 Å². The summed E-state index contributed by atoms with van der Waals surface area (Å²) in [6.45, 7) is 2.02. The number of anilines is 2. The molecule has 0 unspecified atom stereocenters. The van der Waals surface area contributed by atoms with Gasteiger partial charge < -0.3 is 10.6 Å². The van der Waals surface area contributed by atoms with Crippen LogP contribution < -0.4 is 10.6 Å². The van der Waals surface area contributed by atoms with Crippen molar-refractivity contribution in [2.24, 2.45) is 0 Å². The van der Waals surface area contributed by atoms with Crippen LogP contribution in [0.1, 0.15) is 0 Å². The summed E-state index contributed by atoms with van der Waals surface area (Å²) in [7, 11) is -3.46. The zero-order valence-corrected chi connectivity index (χ0v) is 12.1. The van der Waals surface area contributed by atoms with E-state index < -0.39 is 10.0 Å². The Labute approximate surface area is 122 Å². The Morgan fingerprint density at radius 3 is 2.48 bits per heavy atom. The lowest BCUT2D eigenvalue weighted by molar-refractivity contribution is 0.384. The number of nitrogens with two attached hydrogens (primary N) is 1. The van der Waals surface area contributed by atoms with Crippen molar-refractivity contribution in [3.05, 3.63) is 30.7 Å². The van der Waals surface area contributed by atoms with Crippen molar-refractivity contribution >= 4 is 21.5 Å². The zero-order chi connectivity index (χ0) is 14.9. The average molecular weight is 308 g/mol. The van der Waals surface area contributed by atoms with Crippen molar-refractivity contribution in [2.45, 2.75) is 4.90 Å². The largest absolute Gasteiger partial charge is 0.397 e. The molecule has 8 nitrogen and oxygen atoms in total. The summed E-state index contributed by atoms with van der Waals surface area (Å²) in [5.41, 5.74) is 6.22. The third kappa shape index (κ3) is 2.69. The molecule has 3 N–H and O–H groups in total. The highest BCUT2D eigenvalue weighted by Gasteiger charge is 2.29. The number of H-pyrrole nitrogens is 1. The number of hydrogen-bond donors (Lipinski definition) is 2. The van der Waals surface area contributed by atoms with Gasteiger partial charge in [0.15, 0.2) is 0 Å². The summed E-state index contributed by atoms with van der Waals surface area (Å²) in [6.07, 6.45) is 4.32. The number of nitrogens with zero attached hydrogens (tertiary/aromatic N) is 4. The van der Waals surface area contributed by atoms with E-state index in [9.17, 15) is 8.42 Å². The van der Waals surface area contributed by atoms with E-state index in [0.29, 0.717) is 31.9 Å². The second-order valence-electron chi connectivity index (χ2n) is 4.77. The van der Waals surface area contributed by atoms with Crippen LogP contribution in [0.5, 0.6) is 0 Å². The van der Waals surface area contributed by atoms with Gasteiger partial charge in [0, 0.05) is 32.4 Å². The van der Waals surface area contributed by atoms with E-state index in [1.54, 1.807) is 12.3 Å². The van der Waals surface area contributed by atoms with Crippen molar-refractivity contribution in [1.29, 1.82) is 0 Å². The number of sulfonamides is 1. The van der Waals surface area contributed by atoms with Gasteiger partial charge in [-0.2, -0.15) is 9.40 Å². The van der Waals surface area contributed by atoms with E-state index in [1.807, 2.05) is 11.0 Å². The standard InChI is InChI=1S/C12H16N6O2S/c13-10-1-2-12(14-7-10)17-3-5-18(6-4-17)21(19,20)11-8-15-16-9-11/h1-2,7-9H,3-6,13H2,(H,15,16). The third-order valence-corrected chi connectivity index (χ3v) is 5.31. The molecule has 0 spiro atoms. The fourth-order valence-corrected chi connectivity index (χ4v) is 3.60. The van der Waals surface area contributed by atoms with Crippen LogP contribution in [0, 0.1) is 0 Å². The van der Waals surface area contributed by atoms with Crippen LogP contribution in [0.15, 0.2) is 35.6 Å². The third-order valence-electron chi connectivity index (χ3n) is 3.44. The Kier molecular flexibility index (Phi) is 3.52. The molecule has 2 aromatic heterocycles. The lowest BCUT2D eigenvalue weighted by atomic mass is 10.3. The van der Waals surface area contributed by atoms with Gasteiger partial charge in [-0.3, -0.25) is 5.10 Å². The highest BCUT2D eigenvalue weighted by molar-refractivity contribution is 7.89. The molecule has 0 aromatic carbocycles. The number of nitrogens with one attached hydrogen (secondary N) is 1. The van der Waals surface area contributed by atoms with Gasteiger partial charge in [-0.25, -0.2) is 13.4 Å². The molecule has 2 aromatic rings. The molecule has 9 heteroatoms. The molecule has 3 heterocycles. The summed E-state index contributed by atoms with van der Waals surface area (Å²) in [4.78, 5) is 6.50. The summed E-state index contributed by atoms with van der Waals surface area (Å²) in [6, 6.07) is 3.63. The first-order chi connectivity index (χ1) is 10.1. The predicted molar refractivity (Wildman–Crippen MR) is 78.2 cm³/mol. The van der Waals surface area contributed by atoms with E-state index in [4.69, 9.17) is 5.73 Å². The first-order valence-electron chi connectivity index (χ1n) is 6.53. The van der Waals surface area contributed by atoms with Crippen LogP contribution in [0.25, 0.3) is 0 Å². The molecule has 0 atom stereocenters. The monoisotopic (exact) mass is 308 g/mol. The number of aromatic amines is 1. The van der Waals surface area contributed by atoms with Gasteiger partial charge in [0.1, 0.15) is 10.7 Å². The molecule has 1 aliphatic rings. The average Bonchev–Trinajstić information content (AvgIpc) is 3.03. The van der Waals surface area contributed by atoms with E-state index in [0.717, 1.165) is 5.82 Å². The van der Waals surface area contributed by atoms with Crippen molar-refractivity contribution in [2.75, 3.05) is 36.8 Å². The van der Waals surface area contributed by atoms with Gasteiger partial charge in [0.05, 0.1) is 18.1 Å². The molecule has 0 aliphatic carbocycles. The number of hydrogen-bond acceptors (Lipinski definition) is 6. The minimum Gasteiger partial charge on any atom is -0.397 e. The first-order valence-corrected chi connectivity index (χ1v) is 7.97. The van der Waals surface area contributed by atoms with Crippen LogP contribution in [-0.4, -0.2) is 54.1 Å². The van der Waals surface area contributed by atoms with Gasteiger partial charge >= 0.3 is 0 Å². The Morgan fingerprint density at radius 2 is 1.90 bits per heavy atom. The number of pyridine rings is 1. The molecule has 1 fully saturated rings. The van der Waals surface area contributed by atoms with Crippen molar-refractivity contribution in [3.8, 4) is 0 Å². The van der Waals surface area contributed by atoms with Gasteiger partial charge in [0.25, 0.3) is 0 Å². The van der Waals surface area contributed by atoms with Crippen LogP contribution in [0.3, 0.4) is 0 Å². The van der Waals surface area contributed by atoms with E-state index in [2.05, 4.69) is 15.2 Å². The van der Waals surface area contributed by atoms with E-state index >= 15 is 0 Å². The van der Waals surface area contributed by atoms with Gasteiger partial charge in [0.2, 0.25) is 10.0 Å². The van der Waals surface area contributed by atoms with Gasteiger partial charge in [-0.1, -0.05) is 0 Å². The van der Waals surface area contributed by atoms with Crippen LogP contribution in [0.4, 0.5) is 11.5 Å². The summed E-state index contributed by atoms with van der Waals surface area (Å²) < 4.78 is 26.2. The molecule has 1 saturated heterocycles. The van der Waals surface area contributed by atoms with Gasteiger partial charge in [-0.15, -0.1) is 0 Å². The number of nitrogen functional groups attached to an aromatic ring is 1. The number of aromatic nitrogens is 3.